The number of carbonyl (C=O) groups is 2. The van der Waals surface area contributed by atoms with Gasteiger partial charge in [-0.2, -0.15) is 0 Å². The van der Waals surface area contributed by atoms with E-state index in [1.165, 1.54) is 13.1 Å². The lowest BCUT2D eigenvalue weighted by Gasteiger charge is -2.24. The average molecular weight is 311 g/mol. The van der Waals surface area contributed by atoms with Crippen molar-refractivity contribution in [2.24, 2.45) is 0 Å². The summed E-state index contributed by atoms with van der Waals surface area (Å²) in [5, 5.41) is 2.59. The highest BCUT2D eigenvalue weighted by Gasteiger charge is 2.31. The lowest BCUT2D eigenvalue weighted by molar-refractivity contribution is -0.114. The van der Waals surface area contributed by atoms with Crippen molar-refractivity contribution in [3.63, 3.8) is 0 Å². The molecule has 3 rings (SSSR count). The third-order valence-corrected chi connectivity index (χ3v) is 3.75. The van der Waals surface area contributed by atoms with Crippen LogP contribution in [0.5, 0.6) is 0 Å². The van der Waals surface area contributed by atoms with E-state index in [4.69, 9.17) is 0 Å². The number of rotatable bonds is 3. The molecule has 2 aromatic heterocycles. The summed E-state index contributed by atoms with van der Waals surface area (Å²) in [6.07, 6.45) is 8.27. The highest BCUT2D eigenvalue weighted by molar-refractivity contribution is 5.96. The smallest absolute Gasteiger partial charge is 0.254 e. The Morgan fingerprint density at radius 1 is 1.26 bits per heavy atom. The summed E-state index contributed by atoms with van der Waals surface area (Å²) in [7, 11) is 0. The summed E-state index contributed by atoms with van der Waals surface area (Å²) < 4.78 is 0. The first-order chi connectivity index (χ1) is 11.1. The summed E-state index contributed by atoms with van der Waals surface area (Å²) in [6, 6.07) is 3.18. The molecule has 1 fully saturated rings. The number of carbonyl (C=O) groups excluding carboxylic acids is 2. The maximum atomic E-state index is 12.8. The lowest BCUT2D eigenvalue weighted by atomic mass is 10.1. The van der Waals surface area contributed by atoms with E-state index in [-0.39, 0.29) is 17.9 Å². The summed E-state index contributed by atoms with van der Waals surface area (Å²) in [6.45, 7) is 2.08. The van der Waals surface area contributed by atoms with Gasteiger partial charge in [0.2, 0.25) is 5.91 Å². The van der Waals surface area contributed by atoms with Gasteiger partial charge in [-0.3, -0.25) is 19.6 Å². The number of anilines is 1. The maximum absolute atomic E-state index is 12.8. The minimum Gasteiger partial charge on any atom is -0.330 e. The van der Waals surface area contributed by atoms with Crippen molar-refractivity contribution in [1.29, 1.82) is 0 Å². The van der Waals surface area contributed by atoms with Crippen LogP contribution in [0.1, 0.15) is 41.9 Å². The van der Waals surface area contributed by atoms with Crippen molar-refractivity contribution >= 4 is 17.6 Å². The van der Waals surface area contributed by atoms with Gasteiger partial charge in [-0.15, -0.1) is 0 Å². The van der Waals surface area contributed by atoms with Crippen molar-refractivity contribution in [2.45, 2.75) is 25.8 Å². The highest BCUT2D eigenvalue weighted by Crippen LogP contribution is 2.31. The summed E-state index contributed by atoms with van der Waals surface area (Å²) >= 11 is 0. The quantitative estimate of drug-likeness (QED) is 0.934. The molecule has 1 saturated heterocycles. The van der Waals surface area contributed by atoms with Crippen molar-refractivity contribution < 1.29 is 9.59 Å². The van der Waals surface area contributed by atoms with Crippen LogP contribution in [0.4, 0.5) is 5.82 Å². The normalized spacial score (nSPS) is 17.1. The van der Waals surface area contributed by atoms with Crippen LogP contribution in [0.25, 0.3) is 0 Å². The van der Waals surface area contributed by atoms with Gasteiger partial charge in [0.05, 0.1) is 17.9 Å². The Morgan fingerprint density at radius 3 is 2.87 bits per heavy atom. The van der Waals surface area contributed by atoms with E-state index in [2.05, 4.69) is 20.3 Å². The second kappa shape index (κ2) is 6.51. The SMILES string of the molecule is CC(=O)Nc1cc(C(=O)N2CCC[C@@H]2c2cnccn2)ccn1. The van der Waals surface area contributed by atoms with E-state index in [0.29, 0.717) is 17.9 Å². The molecule has 3 heterocycles. The third-order valence-electron chi connectivity index (χ3n) is 3.75. The largest absolute Gasteiger partial charge is 0.330 e. The van der Waals surface area contributed by atoms with Gasteiger partial charge in [0.15, 0.2) is 0 Å². The van der Waals surface area contributed by atoms with Crippen LogP contribution in [0.2, 0.25) is 0 Å². The van der Waals surface area contributed by atoms with Crippen molar-refractivity contribution in [1.82, 2.24) is 19.9 Å². The Morgan fingerprint density at radius 2 is 2.13 bits per heavy atom. The average Bonchev–Trinajstić information content (AvgIpc) is 3.04. The fraction of sp³-hybridized carbons (Fsp3) is 0.312. The van der Waals surface area contributed by atoms with Gasteiger partial charge in [-0.1, -0.05) is 0 Å². The molecule has 1 aliphatic rings. The van der Waals surface area contributed by atoms with Crippen LogP contribution in [0.15, 0.2) is 36.9 Å². The number of likely N-dealkylation sites (tertiary alicyclic amines) is 1. The van der Waals surface area contributed by atoms with Gasteiger partial charge in [-0.25, -0.2) is 4.98 Å². The Bertz CT molecular complexity index is 719. The molecule has 7 nitrogen and oxygen atoms in total. The predicted molar refractivity (Wildman–Crippen MR) is 83.6 cm³/mol. The Kier molecular flexibility index (Phi) is 4.27. The summed E-state index contributed by atoms with van der Waals surface area (Å²) in [4.78, 5) is 38.2. The molecular formula is C16H17N5O2. The molecule has 0 bridgehead atoms. The molecule has 2 amide bonds. The van der Waals surface area contributed by atoms with Gasteiger partial charge >= 0.3 is 0 Å². The molecule has 118 valence electrons. The Labute approximate surface area is 133 Å². The van der Waals surface area contributed by atoms with Crippen molar-refractivity contribution in [2.75, 3.05) is 11.9 Å². The van der Waals surface area contributed by atoms with Crippen LogP contribution in [0.3, 0.4) is 0 Å². The predicted octanol–water partition coefficient (Wildman–Crippen LogP) is 1.81. The molecule has 1 atom stereocenters. The third kappa shape index (κ3) is 3.33. The van der Waals surface area contributed by atoms with E-state index in [9.17, 15) is 9.59 Å². The Balaban J connectivity index is 1.83. The second-order valence-electron chi connectivity index (χ2n) is 5.40. The standard InChI is InChI=1S/C16H17N5O2/c1-11(22)20-15-9-12(4-5-19-15)16(23)21-8-2-3-14(21)13-10-17-6-7-18-13/h4-7,9-10,14H,2-3,8H2,1H3,(H,19,20,22)/t14-/m1/s1. The minimum atomic E-state index is -0.222. The van der Waals surface area contributed by atoms with E-state index in [1.54, 1.807) is 35.6 Å². The van der Waals surface area contributed by atoms with Crippen LogP contribution >= 0.6 is 0 Å². The number of aromatic nitrogens is 3. The monoisotopic (exact) mass is 311 g/mol. The fourth-order valence-electron chi connectivity index (χ4n) is 2.78. The molecule has 7 heteroatoms. The van der Waals surface area contributed by atoms with Gasteiger partial charge in [0.1, 0.15) is 5.82 Å². The van der Waals surface area contributed by atoms with Crippen LogP contribution < -0.4 is 5.32 Å². The van der Waals surface area contributed by atoms with Crippen LogP contribution in [-0.4, -0.2) is 38.2 Å². The molecule has 0 spiro atoms. The molecule has 1 aliphatic heterocycles. The molecule has 0 radical (unpaired) electrons. The molecule has 0 aromatic carbocycles. The number of hydrogen-bond donors (Lipinski definition) is 1. The van der Waals surface area contributed by atoms with E-state index in [1.807, 2.05) is 0 Å². The lowest BCUT2D eigenvalue weighted by Crippen LogP contribution is -2.31. The number of pyridine rings is 1. The zero-order chi connectivity index (χ0) is 16.2. The second-order valence-corrected chi connectivity index (χ2v) is 5.40. The molecule has 0 saturated carbocycles. The molecule has 2 aromatic rings. The summed E-state index contributed by atoms with van der Waals surface area (Å²) in [5.41, 5.74) is 1.30. The molecule has 1 N–H and O–H groups in total. The van der Waals surface area contributed by atoms with E-state index in [0.717, 1.165) is 18.5 Å². The first-order valence-corrected chi connectivity index (χ1v) is 7.45. The number of nitrogens with one attached hydrogen (secondary N) is 1. The van der Waals surface area contributed by atoms with Crippen LogP contribution in [0, 0.1) is 0 Å². The highest BCUT2D eigenvalue weighted by atomic mass is 16.2. The zero-order valence-corrected chi connectivity index (χ0v) is 12.8. The van der Waals surface area contributed by atoms with Gasteiger partial charge in [0.25, 0.3) is 5.91 Å². The zero-order valence-electron chi connectivity index (χ0n) is 12.8. The Hall–Kier alpha value is -2.83. The van der Waals surface area contributed by atoms with Crippen LogP contribution in [-0.2, 0) is 4.79 Å². The first-order valence-electron chi connectivity index (χ1n) is 7.45. The van der Waals surface area contributed by atoms with Crippen molar-refractivity contribution in [3.05, 3.63) is 48.2 Å². The summed E-state index contributed by atoms with van der Waals surface area (Å²) in [5.74, 6) is 0.0615. The number of hydrogen-bond acceptors (Lipinski definition) is 5. The van der Waals surface area contributed by atoms with Crippen molar-refractivity contribution in [3.8, 4) is 0 Å². The number of nitrogens with zero attached hydrogens (tertiary/aromatic N) is 4. The maximum Gasteiger partial charge on any atom is 0.254 e. The number of amides is 2. The minimum absolute atomic E-state index is 0.0615. The molecule has 0 aliphatic carbocycles. The van der Waals surface area contributed by atoms with E-state index < -0.39 is 0 Å². The molecular weight excluding hydrogens is 294 g/mol. The first kappa shape index (κ1) is 15.1. The van der Waals surface area contributed by atoms with Gasteiger partial charge in [0, 0.05) is 37.6 Å². The topological polar surface area (TPSA) is 88.1 Å². The fourth-order valence-corrected chi connectivity index (χ4v) is 2.78. The van der Waals surface area contributed by atoms with E-state index >= 15 is 0 Å². The molecule has 0 unspecified atom stereocenters. The molecule has 23 heavy (non-hydrogen) atoms. The van der Waals surface area contributed by atoms with Gasteiger partial charge < -0.3 is 10.2 Å². The van der Waals surface area contributed by atoms with Gasteiger partial charge in [-0.05, 0) is 25.0 Å².